The minimum atomic E-state index is 0.872. The topological polar surface area (TPSA) is 40.7 Å². The normalized spacial score (nSPS) is 10.8. The minimum Gasteiger partial charge on any atom is -0.378 e. The third-order valence-electron chi connectivity index (χ3n) is 2.73. The summed E-state index contributed by atoms with van der Waals surface area (Å²) in [4.78, 5) is 2.76. The molecule has 2 aromatic rings. The number of H-pyrrole nitrogens is 1. The Hall–Kier alpha value is -1.29. The van der Waals surface area contributed by atoms with Gasteiger partial charge < -0.3 is 5.32 Å². The highest BCUT2D eigenvalue weighted by Gasteiger charge is 2.07. The quantitative estimate of drug-likeness (QED) is 0.857. The molecule has 2 aromatic heterocycles. The maximum Gasteiger partial charge on any atom is 0.0825 e. The summed E-state index contributed by atoms with van der Waals surface area (Å²) < 4.78 is 0. The first-order chi connectivity index (χ1) is 7.58. The lowest BCUT2D eigenvalue weighted by Crippen LogP contribution is -2.01. The predicted molar refractivity (Wildman–Crippen MR) is 69.2 cm³/mol. The Morgan fingerprint density at radius 3 is 2.56 bits per heavy atom. The Labute approximate surface area is 99.9 Å². The van der Waals surface area contributed by atoms with E-state index in [9.17, 15) is 0 Å². The second-order valence-corrected chi connectivity index (χ2v) is 5.56. The van der Waals surface area contributed by atoms with Crippen LogP contribution in [0, 0.1) is 27.7 Å². The standard InChI is InChI=1S/C12H17N3S/c1-7-5-11(10(4)16-7)6-13-12-8(2)14-15-9(12)3/h5,13H,6H2,1-4H3,(H,14,15). The van der Waals surface area contributed by atoms with Crippen LogP contribution in [0.1, 0.15) is 26.7 Å². The molecule has 0 saturated heterocycles. The molecular formula is C12H17N3S. The molecule has 3 nitrogen and oxygen atoms in total. The Morgan fingerprint density at radius 1 is 1.31 bits per heavy atom. The van der Waals surface area contributed by atoms with Crippen LogP contribution in [0.15, 0.2) is 6.07 Å². The lowest BCUT2D eigenvalue weighted by atomic mass is 10.2. The molecule has 0 amide bonds. The van der Waals surface area contributed by atoms with Crippen LogP contribution in [0.4, 0.5) is 5.69 Å². The Bertz CT molecular complexity index is 477. The highest BCUT2D eigenvalue weighted by Crippen LogP contribution is 2.23. The average molecular weight is 235 g/mol. The summed E-state index contributed by atoms with van der Waals surface area (Å²) in [6, 6.07) is 2.25. The fourth-order valence-electron chi connectivity index (χ4n) is 1.85. The van der Waals surface area contributed by atoms with Crippen LogP contribution in [0.25, 0.3) is 0 Å². The van der Waals surface area contributed by atoms with E-state index in [-0.39, 0.29) is 0 Å². The van der Waals surface area contributed by atoms with Gasteiger partial charge in [-0.2, -0.15) is 5.10 Å². The number of hydrogen-bond acceptors (Lipinski definition) is 3. The van der Waals surface area contributed by atoms with Gasteiger partial charge in [-0.15, -0.1) is 11.3 Å². The lowest BCUT2D eigenvalue weighted by Gasteiger charge is -2.05. The van der Waals surface area contributed by atoms with Crippen LogP contribution in [-0.2, 0) is 6.54 Å². The number of nitrogens with one attached hydrogen (secondary N) is 2. The molecule has 16 heavy (non-hydrogen) atoms. The minimum absolute atomic E-state index is 0.872. The van der Waals surface area contributed by atoms with E-state index < -0.39 is 0 Å². The summed E-state index contributed by atoms with van der Waals surface area (Å²) in [6.45, 7) is 9.24. The molecule has 0 spiro atoms. The van der Waals surface area contributed by atoms with Crippen LogP contribution in [0.3, 0.4) is 0 Å². The van der Waals surface area contributed by atoms with Gasteiger partial charge in [0.05, 0.1) is 17.1 Å². The first kappa shape index (κ1) is 11.2. The van der Waals surface area contributed by atoms with Crippen molar-refractivity contribution >= 4 is 17.0 Å². The zero-order valence-electron chi connectivity index (χ0n) is 10.1. The van der Waals surface area contributed by atoms with Crippen LogP contribution in [0.5, 0.6) is 0 Å². The number of nitrogens with zero attached hydrogens (tertiary/aromatic N) is 1. The molecule has 0 fully saturated rings. The number of aryl methyl sites for hydroxylation is 4. The van der Waals surface area contributed by atoms with Gasteiger partial charge in [0.15, 0.2) is 0 Å². The van der Waals surface area contributed by atoms with Crippen molar-refractivity contribution in [2.75, 3.05) is 5.32 Å². The van der Waals surface area contributed by atoms with Gasteiger partial charge >= 0.3 is 0 Å². The molecule has 2 N–H and O–H groups in total. The number of aromatic nitrogens is 2. The van der Waals surface area contributed by atoms with Crippen molar-refractivity contribution in [1.82, 2.24) is 10.2 Å². The molecule has 2 heterocycles. The molecule has 2 rings (SSSR count). The molecule has 0 aliphatic heterocycles. The number of thiophene rings is 1. The molecule has 86 valence electrons. The van der Waals surface area contributed by atoms with Crippen molar-refractivity contribution in [2.45, 2.75) is 34.2 Å². The summed E-state index contributed by atoms with van der Waals surface area (Å²) >= 11 is 1.85. The second-order valence-electron chi connectivity index (χ2n) is 4.10. The van der Waals surface area contributed by atoms with Crippen molar-refractivity contribution in [3.05, 3.63) is 32.8 Å². The molecule has 0 bridgehead atoms. The van der Waals surface area contributed by atoms with Crippen molar-refractivity contribution in [2.24, 2.45) is 0 Å². The fourth-order valence-corrected chi connectivity index (χ4v) is 2.80. The molecule has 4 heteroatoms. The number of aromatic amines is 1. The summed E-state index contributed by atoms with van der Waals surface area (Å²) in [7, 11) is 0. The summed E-state index contributed by atoms with van der Waals surface area (Å²) in [5, 5.41) is 10.6. The van der Waals surface area contributed by atoms with E-state index in [1.54, 1.807) is 0 Å². The molecular weight excluding hydrogens is 218 g/mol. The Morgan fingerprint density at radius 2 is 2.06 bits per heavy atom. The van der Waals surface area contributed by atoms with Crippen molar-refractivity contribution in [3.63, 3.8) is 0 Å². The zero-order chi connectivity index (χ0) is 11.7. The molecule has 0 atom stereocenters. The van der Waals surface area contributed by atoms with Crippen LogP contribution in [-0.4, -0.2) is 10.2 Å². The summed E-state index contributed by atoms with van der Waals surface area (Å²) in [5.74, 6) is 0. The third-order valence-corrected chi connectivity index (χ3v) is 3.74. The van der Waals surface area contributed by atoms with Gasteiger partial charge in [0.2, 0.25) is 0 Å². The van der Waals surface area contributed by atoms with E-state index in [4.69, 9.17) is 0 Å². The summed E-state index contributed by atoms with van der Waals surface area (Å²) in [5.41, 5.74) is 4.63. The molecule has 0 saturated carbocycles. The van der Waals surface area contributed by atoms with Gasteiger partial charge in [-0.25, -0.2) is 0 Å². The highest BCUT2D eigenvalue weighted by atomic mass is 32.1. The zero-order valence-corrected chi connectivity index (χ0v) is 11.0. The Kier molecular flexibility index (Phi) is 3.01. The fraction of sp³-hybridized carbons (Fsp3) is 0.417. The Balaban J connectivity index is 2.11. The molecule has 0 aliphatic carbocycles. The van der Waals surface area contributed by atoms with Gasteiger partial charge in [-0.05, 0) is 39.3 Å². The van der Waals surface area contributed by atoms with E-state index in [1.807, 2.05) is 25.2 Å². The van der Waals surface area contributed by atoms with Crippen LogP contribution >= 0.6 is 11.3 Å². The van der Waals surface area contributed by atoms with Gasteiger partial charge in [-0.3, -0.25) is 5.10 Å². The van der Waals surface area contributed by atoms with Crippen LogP contribution < -0.4 is 5.32 Å². The SMILES string of the molecule is Cc1cc(CNc2c(C)n[nH]c2C)c(C)s1. The van der Waals surface area contributed by atoms with E-state index >= 15 is 0 Å². The van der Waals surface area contributed by atoms with Gasteiger partial charge in [0, 0.05) is 16.3 Å². The maximum atomic E-state index is 4.17. The molecule has 0 aromatic carbocycles. The maximum absolute atomic E-state index is 4.17. The monoisotopic (exact) mass is 235 g/mol. The smallest absolute Gasteiger partial charge is 0.0825 e. The number of anilines is 1. The van der Waals surface area contributed by atoms with Crippen LogP contribution in [0.2, 0.25) is 0 Å². The third kappa shape index (κ3) is 2.11. The predicted octanol–water partition coefficient (Wildman–Crippen LogP) is 3.32. The van der Waals surface area contributed by atoms with Gasteiger partial charge in [0.1, 0.15) is 0 Å². The van der Waals surface area contributed by atoms with Crippen molar-refractivity contribution in [3.8, 4) is 0 Å². The lowest BCUT2D eigenvalue weighted by molar-refractivity contribution is 1.02. The first-order valence-corrected chi connectivity index (χ1v) is 6.21. The van der Waals surface area contributed by atoms with Crippen molar-refractivity contribution in [1.29, 1.82) is 0 Å². The molecule has 0 unspecified atom stereocenters. The molecule has 0 aliphatic rings. The van der Waals surface area contributed by atoms with E-state index in [0.717, 1.165) is 23.6 Å². The highest BCUT2D eigenvalue weighted by molar-refractivity contribution is 7.12. The first-order valence-electron chi connectivity index (χ1n) is 5.39. The molecule has 0 radical (unpaired) electrons. The van der Waals surface area contributed by atoms with E-state index in [1.165, 1.54) is 15.3 Å². The largest absolute Gasteiger partial charge is 0.378 e. The van der Waals surface area contributed by atoms with E-state index in [0.29, 0.717) is 0 Å². The van der Waals surface area contributed by atoms with Gasteiger partial charge in [0.25, 0.3) is 0 Å². The average Bonchev–Trinajstić information content (AvgIpc) is 2.69. The number of rotatable bonds is 3. The second kappa shape index (κ2) is 4.29. The van der Waals surface area contributed by atoms with Crippen molar-refractivity contribution < 1.29 is 0 Å². The van der Waals surface area contributed by atoms with Gasteiger partial charge in [-0.1, -0.05) is 0 Å². The van der Waals surface area contributed by atoms with E-state index in [2.05, 4.69) is 35.4 Å². The number of hydrogen-bond donors (Lipinski definition) is 2. The summed E-state index contributed by atoms with van der Waals surface area (Å²) in [6.07, 6.45) is 0.